The van der Waals surface area contributed by atoms with Gasteiger partial charge in [-0.05, 0) is 18.6 Å². The Labute approximate surface area is 151 Å². The average Bonchev–Trinajstić information content (AvgIpc) is 3.26. The molecule has 0 aromatic heterocycles. The lowest BCUT2D eigenvalue weighted by Gasteiger charge is -2.21. The second-order valence-corrected chi connectivity index (χ2v) is 6.43. The van der Waals surface area contributed by atoms with Gasteiger partial charge in [0.25, 0.3) is 5.91 Å². The third kappa shape index (κ3) is 3.80. The van der Waals surface area contributed by atoms with Gasteiger partial charge in [-0.15, -0.1) is 0 Å². The molecule has 2 heterocycles. The molecule has 140 valence electrons. The second kappa shape index (κ2) is 7.74. The molecular formula is C18H22N2O6. The van der Waals surface area contributed by atoms with Crippen LogP contribution >= 0.6 is 0 Å². The number of amides is 2. The molecule has 2 amide bonds. The zero-order valence-electron chi connectivity index (χ0n) is 14.6. The minimum Gasteiger partial charge on any atom is -0.484 e. The fraction of sp³-hybridized carbons (Fsp3) is 0.500. The molecule has 2 atom stereocenters. The quantitative estimate of drug-likeness (QED) is 0.807. The van der Waals surface area contributed by atoms with Crippen molar-refractivity contribution >= 4 is 23.5 Å². The van der Waals surface area contributed by atoms with E-state index in [1.54, 1.807) is 23.1 Å². The maximum Gasteiger partial charge on any atom is 0.326 e. The monoisotopic (exact) mass is 362 g/mol. The summed E-state index contributed by atoms with van der Waals surface area (Å²) in [5.74, 6) is -0.915. The molecule has 0 radical (unpaired) electrons. The van der Waals surface area contributed by atoms with Crippen molar-refractivity contribution in [2.75, 3.05) is 31.7 Å². The van der Waals surface area contributed by atoms with Gasteiger partial charge in [0.05, 0.1) is 6.10 Å². The van der Waals surface area contributed by atoms with Crippen LogP contribution in [0.5, 0.6) is 5.75 Å². The molecule has 2 fully saturated rings. The predicted molar refractivity (Wildman–Crippen MR) is 92.1 cm³/mol. The zero-order chi connectivity index (χ0) is 18.7. The molecule has 1 aromatic carbocycles. The van der Waals surface area contributed by atoms with E-state index in [1.807, 2.05) is 6.07 Å². The first-order chi connectivity index (χ1) is 12.5. The highest BCUT2D eigenvalue weighted by Crippen LogP contribution is 2.26. The van der Waals surface area contributed by atoms with Crippen molar-refractivity contribution < 1.29 is 29.0 Å². The number of carbonyl (C=O) groups excluding carboxylic acids is 2. The van der Waals surface area contributed by atoms with E-state index in [9.17, 15) is 19.5 Å². The number of methoxy groups -OCH3 is 1. The van der Waals surface area contributed by atoms with Crippen molar-refractivity contribution in [2.24, 2.45) is 0 Å². The summed E-state index contributed by atoms with van der Waals surface area (Å²) in [6, 6.07) is 6.10. The molecule has 1 N–H and O–H groups in total. The van der Waals surface area contributed by atoms with Crippen molar-refractivity contribution in [3.8, 4) is 5.75 Å². The molecule has 1 aromatic rings. The Bertz CT molecular complexity index is 707. The third-order valence-electron chi connectivity index (χ3n) is 4.77. The summed E-state index contributed by atoms with van der Waals surface area (Å²) in [7, 11) is 1.50. The largest absolute Gasteiger partial charge is 0.484 e. The maximum absolute atomic E-state index is 12.4. The fourth-order valence-electron chi connectivity index (χ4n) is 3.37. The van der Waals surface area contributed by atoms with Gasteiger partial charge in [0, 0.05) is 44.8 Å². The number of aliphatic carboxylic acids is 1. The molecule has 0 bridgehead atoms. The number of carboxylic acids is 1. The number of nitrogens with zero attached hydrogens (tertiary/aromatic N) is 2. The molecule has 2 unspecified atom stereocenters. The molecule has 0 aliphatic carbocycles. The van der Waals surface area contributed by atoms with Crippen molar-refractivity contribution in [3.05, 3.63) is 24.3 Å². The molecule has 8 nitrogen and oxygen atoms in total. The summed E-state index contributed by atoms with van der Waals surface area (Å²) in [4.78, 5) is 38.6. The SMILES string of the molecule is COC1CC(C(=O)O)N(C(=O)COc2cccc(N3CCCC3=O)c2)C1. The van der Waals surface area contributed by atoms with Crippen LogP contribution in [-0.4, -0.2) is 66.7 Å². The molecule has 2 aliphatic heterocycles. The van der Waals surface area contributed by atoms with E-state index in [4.69, 9.17) is 9.47 Å². The van der Waals surface area contributed by atoms with Gasteiger partial charge in [-0.2, -0.15) is 0 Å². The zero-order valence-corrected chi connectivity index (χ0v) is 14.6. The maximum atomic E-state index is 12.4. The lowest BCUT2D eigenvalue weighted by atomic mass is 10.2. The topological polar surface area (TPSA) is 96.4 Å². The number of hydrogen-bond acceptors (Lipinski definition) is 5. The Morgan fingerprint density at radius 1 is 1.35 bits per heavy atom. The van der Waals surface area contributed by atoms with Crippen LogP contribution in [0.25, 0.3) is 0 Å². The van der Waals surface area contributed by atoms with Gasteiger partial charge in [0.15, 0.2) is 6.61 Å². The fourth-order valence-corrected chi connectivity index (χ4v) is 3.37. The average molecular weight is 362 g/mol. The smallest absolute Gasteiger partial charge is 0.326 e. The van der Waals surface area contributed by atoms with Gasteiger partial charge in [-0.25, -0.2) is 4.79 Å². The highest BCUT2D eigenvalue weighted by Gasteiger charge is 2.39. The minimum absolute atomic E-state index is 0.0743. The number of anilines is 1. The second-order valence-electron chi connectivity index (χ2n) is 6.43. The van der Waals surface area contributed by atoms with Crippen LogP contribution in [0, 0.1) is 0 Å². The highest BCUT2D eigenvalue weighted by atomic mass is 16.5. The predicted octanol–water partition coefficient (Wildman–Crippen LogP) is 0.893. The van der Waals surface area contributed by atoms with Gasteiger partial charge in [-0.3, -0.25) is 9.59 Å². The Balaban J connectivity index is 1.62. The summed E-state index contributed by atoms with van der Waals surface area (Å²) in [6.07, 6.45) is 1.35. The van der Waals surface area contributed by atoms with E-state index in [-0.39, 0.29) is 31.6 Å². The van der Waals surface area contributed by atoms with Crippen LogP contribution in [0.2, 0.25) is 0 Å². The van der Waals surface area contributed by atoms with E-state index in [0.717, 1.165) is 12.1 Å². The van der Waals surface area contributed by atoms with E-state index in [0.29, 0.717) is 18.7 Å². The number of rotatable bonds is 6. The molecule has 0 saturated carbocycles. The van der Waals surface area contributed by atoms with E-state index in [1.165, 1.54) is 12.0 Å². The van der Waals surface area contributed by atoms with Gasteiger partial charge in [-0.1, -0.05) is 6.07 Å². The van der Waals surface area contributed by atoms with Crippen LogP contribution in [0.15, 0.2) is 24.3 Å². The molecule has 3 rings (SSSR count). The number of hydrogen-bond donors (Lipinski definition) is 1. The standard InChI is InChI=1S/C18H22N2O6/c1-25-14-9-15(18(23)24)20(10-14)17(22)11-26-13-5-2-4-12(8-13)19-7-3-6-16(19)21/h2,4-5,8,14-15H,3,6-7,9-11H2,1H3,(H,23,24). The number of benzene rings is 1. The summed E-state index contributed by atoms with van der Waals surface area (Å²) in [5.41, 5.74) is 0.737. The first-order valence-electron chi connectivity index (χ1n) is 8.58. The Kier molecular flexibility index (Phi) is 5.41. The first kappa shape index (κ1) is 18.2. The highest BCUT2D eigenvalue weighted by molar-refractivity contribution is 5.95. The number of carboxylic acid groups (broad SMARTS) is 1. The lowest BCUT2D eigenvalue weighted by Crippen LogP contribution is -2.43. The number of likely N-dealkylation sites (tertiary alicyclic amines) is 1. The number of ether oxygens (including phenoxy) is 2. The molecule has 8 heteroatoms. The van der Waals surface area contributed by atoms with Gasteiger partial charge >= 0.3 is 5.97 Å². The van der Waals surface area contributed by atoms with Gasteiger partial charge in [0.2, 0.25) is 5.91 Å². The van der Waals surface area contributed by atoms with Crippen LogP contribution in [-0.2, 0) is 19.1 Å². The molecule has 2 aliphatic rings. The van der Waals surface area contributed by atoms with Crippen molar-refractivity contribution in [3.63, 3.8) is 0 Å². The van der Waals surface area contributed by atoms with Crippen molar-refractivity contribution in [1.29, 1.82) is 0 Å². The van der Waals surface area contributed by atoms with Crippen LogP contribution < -0.4 is 9.64 Å². The van der Waals surface area contributed by atoms with Crippen molar-refractivity contribution in [2.45, 2.75) is 31.4 Å². The molecule has 0 spiro atoms. The van der Waals surface area contributed by atoms with Crippen LogP contribution in [0.4, 0.5) is 5.69 Å². The summed E-state index contributed by atoms with van der Waals surface area (Å²) < 4.78 is 10.7. The third-order valence-corrected chi connectivity index (χ3v) is 4.77. The molecule has 2 saturated heterocycles. The summed E-state index contributed by atoms with van der Waals surface area (Å²) in [5, 5.41) is 9.29. The van der Waals surface area contributed by atoms with E-state index >= 15 is 0 Å². The lowest BCUT2D eigenvalue weighted by molar-refractivity contribution is -0.148. The van der Waals surface area contributed by atoms with Crippen molar-refractivity contribution in [1.82, 2.24) is 4.90 Å². The first-order valence-corrected chi connectivity index (χ1v) is 8.58. The Morgan fingerprint density at radius 3 is 2.81 bits per heavy atom. The minimum atomic E-state index is -1.05. The van der Waals surface area contributed by atoms with Gasteiger partial charge < -0.3 is 24.4 Å². The summed E-state index contributed by atoms with van der Waals surface area (Å²) >= 11 is 0. The molecule has 26 heavy (non-hydrogen) atoms. The Morgan fingerprint density at radius 2 is 2.15 bits per heavy atom. The number of carbonyl (C=O) groups is 3. The van der Waals surface area contributed by atoms with Crippen LogP contribution in [0.3, 0.4) is 0 Å². The van der Waals surface area contributed by atoms with Gasteiger partial charge in [0.1, 0.15) is 11.8 Å². The summed E-state index contributed by atoms with van der Waals surface area (Å²) in [6.45, 7) is 0.642. The normalized spacial score (nSPS) is 22.7. The van der Waals surface area contributed by atoms with E-state index < -0.39 is 17.9 Å². The van der Waals surface area contributed by atoms with E-state index in [2.05, 4.69) is 0 Å². The molecular weight excluding hydrogens is 340 g/mol. The van der Waals surface area contributed by atoms with Crippen LogP contribution in [0.1, 0.15) is 19.3 Å². The Hall–Kier alpha value is -2.61.